The topological polar surface area (TPSA) is 43.8 Å². The van der Waals surface area contributed by atoms with Gasteiger partial charge in [0.2, 0.25) is 5.91 Å². The lowest BCUT2D eigenvalue weighted by molar-refractivity contribution is -0.136. The van der Waals surface area contributed by atoms with Crippen molar-refractivity contribution in [3.05, 3.63) is 35.4 Å². The van der Waals surface area contributed by atoms with Crippen molar-refractivity contribution in [2.24, 2.45) is 0 Å². The van der Waals surface area contributed by atoms with Crippen molar-refractivity contribution in [2.75, 3.05) is 32.8 Å². The number of rotatable bonds is 3. The second-order valence-electron chi connectivity index (χ2n) is 4.52. The summed E-state index contributed by atoms with van der Waals surface area (Å²) in [5, 5.41) is 8.76. The monoisotopic (exact) mass is 270 g/mol. The first kappa shape index (κ1) is 13.9. The molecule has 2 rings (SSSR count). The number of hydrogen-bond donors (Lipinski definition) is 1. The molecule has 1 aliphatic rings. The van der Waals surface area contributed by atoms with Crippen molar-refractivity contribution in [1.82, 2.24) is 9.80 Å². The van der Waals surface area contributed by atoms with E-state index < -0.39 is 18.2 Å². The van der Waals surface area contributed by atoms with Crippen LogP contribution >= 0.6 is 0 Å². The van der Waals surface area contributed by atoms with Crippen LogP contribution in [0.5, 0.6) is 0 Å². The fourth-order valence-corrected chi connectivity index (χ4v) is 2.16. The van der Waals surface area contributed by atoms with Crippen LogP contribution in [0.2, 0.25) is 0 Å². The van der Waals surface area contributed by atoms with Crippen LogP contribution in [-0.2, 0) is 11.3 Å². The largest absolute Gasteiger partial charge is 0.387 e. The Kier molecular flexibility index (Phi) is 4.44. The molecule has 4 nitrogen and oxygen atoms in total. The minimum Gasteiger partial charge on any atom is -0.387 e. The Hall–Kier alpha value is -1.53. The number of amides is 1. The van der Waals surface area contributed by atoms with Gasteiger partial charge in [-0.05, 0) is 12.1 Å². The molecule has 0 aliphatic carbocycles. The Labute approximate surface area is 110 Å². The van der Waals surface area contributed by atoms with Gasteiger partial charge in [0.25, 0.3) is 0 Å². The lowest BCUT2D eigenvalue weighted by atomic mass is 10.1. The Bertz CT molecular complexity index is 440. The van der Waals surface area contributed by atoms with E-state index >= 15 is 0 Å². The number of piperazine rings is 1. The van der Waals surface area contributed by atoms with Crippen LogP contribution < -0.4 is 0 Å². The fraction of sp³-hybridized carbons (Fsp3) is 0.462. The summed E-state index contributed by atoms with van der Waals surface area (Å²) >= 11 is 0. The average molecular weight is 270 g/mol. The standard InChI is InChI=1S/C13H16F2N2O2/c14-11-2-1-3-12(15)10(11)8-16-4-6-17(7-5-16)13(19)9-18/h1-3,18H,4-9H2. The number of carbonyl (C=O) groups excluding carboxylic acids is 1. The number of carbonyl (C=O) groups is 1. The van der Waals surface area contributed by atoms with E-state index in [9.17, 15) is 13.6 Å². The van der Waals surface area contributed by atoms with Crippen LogP contribution in [0.1, 0.15) is 5.56 Å². The van der Waals surface area contributed by atoms with Crippen LogP contribution in [0.3, 0.4) is 0 Å². The van der Waals surface area contributed by atoms with Crippen LogP contribution in [-0.4, -0.2) is 53.6 Å². The minimum atomic E-state index is -0.547. The number of halogens is 2. The SMILES string of the molecule is O=C(CO)N1CCN(Cc2c(F)cccc2F)CC1. The van der Waals surface area contributed by atoms with E-state index in [4.69, 9.17) is 5.11 Å². The van der Waals surface area contributed by atoms with Gasteiger partial charge in [-0.3, -0.25) is 9.69 Å². The summed E-state index contributed by atoms with van der Waals surface area (Å²) in [5.41, 5.74) is 0.0597. The Balaban J connectivity index is 1.94. The van der Waals surface area contributed by atoms with Crippen LogP contribution in [0, 0.1) is 11.6 Å². The maximum absolute atomic E-state index is 13.5. The highest BCUT2D eigenvalue weighted by atomic mass is 19.1. The van der Waals surface area contributed by atoms with Gasteiger partial charge in [0.1, 0.15) is 18.2 Å². The molecule has 1 N–H and O–H groups in total. The predicted octanol–water partition coefficient (Wildman–Crippen LogP) is 0.601. The quantitative estimate of drug-likeness (QED) is 0.875. The van der Waals surface area contributed by atoms with Crippen molar-refractivity contribution < 1.29 is 18.7 Å². The van der Waals surface area contributed by atoms with E-state index in [0.29, 0.717) is 26.2 Å². The molecule has 0 atom stereocenters. The van der Waals surface area contributed by atoms with Gasteiger partial charge < -0.3 is 10.0 Å². The first-order valence-corrected chi connectivity index (χ1v) is 6.15. The van der Waals surface area contributed by atoms with E-state index in [2.05, 4.69) is 0 Å². The fourth-order valence-electron chi connectivity index (χ4n) is 2.16. The van der Waals surface area contributed by atoms with Crippen molar-refractivity contribution in [1.29, 1.82) is 0 Å². The molecule has 0 saturated carbocycles. The van der Waals surface area contributed by atoms with Crippen molar-refractivity contribution in [2.45, 2.75) is 6.54 Å². The second-order valence-corrected chi connectivity index (χ2v) is 4.52. The molecule has 1 aromatic carbocycles. The van der Waals surface area contributed by atoms with Gasteiger partial charge in [-0.25, -0.2) is 8.78 Å². The number of aliphatic hydroxyl groups is 1. The molecule has 1 saturated heterocycles. The summed E-state index contributed by atoms with van der Waals surface area (Å²) in [6.45, 7) is 1.71. The lowest BCUT2D eigenvalue weighted by Gasteiger charge is -2.34. The summed E-state index contributed by atoms with van der Waals surface area (Å²) in [4.78, 5) is 14.7. The molecule has 1 heterocycles. The van der Waals surface area contributed by atoms with E-state index in [1.807, 2.05) is 4.90 Å². The summed E-state index contributed by atoms with van der Waals surface area (Å²) < 4.78 is 27.0. The molecule has 1 amide bonds. The third-order valence-electron chi connectivity index (χ3n) is 3.30. The van der Waals surface area contributed by atoms with E-state index in [-0.39, 0.29) is 18.0 Å². The van der Waals surface area contributed by atoms with Gasteiger partial charge >= 0.3 is 0 Å². The molecule has 1 aromatic rings. The highest BCUT2D eigenvalue weighted by Crippen LogP contribution is 2.15. The molecule has 6 heteroatoms. The van der Waals surface area contributed by atoms with Gasteiger partial charge in [0.05, 0.1) is 0 Å². The maximum atomic E-state index is 13.5. The predicted molar refractivity (Wildman–Crippen MR) is 65.3 cm³/mol. The number of aliphatic hydroxyl groups excluding tert-OH is 1. The molecular formula is C13H16F2N2O2. The lowest BCUT2D eigenvalue weighted by Crippen LogP contribution is -2.49. The highest BCUT2D eigenvalue weighted by molar-refractivity contribution is 5.77. The maximum Gasteiger partial charge on any atom is 0.248 e. The molecule has 104 valence electrons. The van der Waals surface area contributed by atoms with Crippen molar-refractivity contribution >= 4 is 5.91 Å². The van der Waals surface area contributed by atoms with Gasteiger partial charge in [-0.2, -0.15) is 0 Å². The smallest absolute Gasteiger partial charge is 0.248 e. The zero-order valence-electron chi connectivity index (χ0n) is 10.5. The average Bonchev–Trinajstić information content (AvgIpc) is 2.43. The Morgan fingerprint density at radius 2 is 1.74 bits per heavy atom. The Morgan fingerprint density at radius 3 is 2.26 bits per heavy atom. The summed E-state index contributed by atoms with van der Waals surface area (Å²) in [6.07, 6.45) is 0. The molecule has 19 heavy (non-hydrogen) atoms. The molecule has 0 radical (unpaired) electrons. The summed E-state index contributed by atoms with van der Waals surface area (Å²) in [5.74, 6) is -1.40. The summed E-state index contributed by atoms with van der Waals surface area (Å²) in [6, 6.07) is 3.82. The molecule has 0 bridgehead atoms. The van der Waals surface area contributed by atoms with Gasteiger partial charge in [-0.1, -0.05) is 6.07 Å². The zero-order valence-corrected chi connectivity index (χ0v) is 10.5. The van der Waals surface area contributed by atoms with Crippen molar-refractivity contribution in [3.63, 3.8) is 0 Å². The molecule has 0 aromatic heterocycles. The van der Waals surface area contributed by atoms with Crippen LogP contribution in [0.4, 0.5) is 8.78 Å². The van der Waals surface area contributed by atoms with E-state index in [1.54, 1.807) is 4.90 Å². The van der Waals surface area contributed by atoms with Gasteiger partial charge in [0, 0.05) is 38.3 Å². The second kappa shape index (κ2) is 6.08. The first-order valence-electron chi connectivity index (χ1n) is 6.15. The normalized spacial score (nSPS) is 16.7. The van der Waals surface area contributed by atoms with Gasteiger partial charge in [-0.15, -0.1) is 0 Å². The van der Waals surface area contributed by atoms with E-state index in [0.717, 1.165) is 0 Å². The molecule has 1 aliphatic heterocycles. The number of nitrogens with zero attached hydrogens (tertiary/aromatic N) is 2. The molecule has 1 fully saturated rings. The highest BCUT2D eigenvalue weighted by Gasteiger charge is 2.22. The van der Waals surface area contributed by atoms with Crippen LogP contribution in [0.15, 0.2) is 18.2 Å². The molecule has 0 unspecified atom stereocenters. The minimum absolute atomic E-state index is 0.0597. The van der Waals surface area contributed by atoms with E-state index in [1.165, 1.54) is 18.2 Å². The van der Waals surface area contributed by atoms with Crippen LogP contribution in [0.25, 0.3) is 0 Å². The first-order chi connectivity index (χ1) is 9.11. The van der Waals surface area contributed by atoms with Crippen molar-refractivity contribution in [3.8, 4) is 0 Å². The zero-order chi connectivity index (χ0) is 13.8. The third-order valence-corrected chi connectivity index (χ3v) is 3.30. The third kappa shape index (κ3) is 3.27. The Morgan fingerprint density at radius 1 is 1.16 bits per heavy atom. The molecular weight excluding hydrogens is 254 g/mol. The van der Waals surface area contributed by atoms with Gasteiger partial charge in [0.15, 0.2) is 0 Å². The summed E-state index contributed by atoms with van der Waals surface area (Å²) in [7, 11) is 0. The molecule has 0 spiro atoms. The number of hydrogen-bond acceptors (Lipinski definition) is 3. The number of benzene rings is 1.